The third-order valence-electron chi connectivity index (χ3n) is 4.39. The highest BCUT2D eigenvalue weighted by Crippen LogP contribution is 2.31. The summed E-state index contributed by atoms with van der Waals surface area (Å²) in [4.78, 5) is 16.6. The fourth-order valence-electron chi connectivity index (χ4n) is 2.67. The number of hydrogen-bond acceptors (Lipinski definition) is 5. The van der Waals surface area contributed by atoms with Crippen molar-refractivity contribution in [2.24, 2.45) is 4.99 Å². The van der Waals surface area contributed by atoms with Crippen LogP contribution in [0.3, 0.4) is 0 Å². The summed E-state index contributed by atoms with van der Waals surface area (Å²) >= 11 is 0. The zero-order valence-corrected chi connectivity index (χ0v) is 16.7. The van der Waals surface area contributed by atoms with Crippen LogP contribution in [-0.4, -0.2) is 24.6 Å². The molecule has 1 aliphatic heterocycles. The summed E-state index contributed by atoms with van der Waals surface area (Å²) in [5, 5.41) is 0. The number of hydrogen-bond donors (Lipinski definition) is 0. The minimum Gasteiger partial charge on any atom is -0.490 e. The summed E-state index contributed by atoms with van der Waals surface area (Å²) in [5.74, 6) is 1.19. The summed E-state index contributed by atoms with van der Waals surface area (Å²) in [5.41, 5.74) is 2.96. The van der Waals surface area contributed by atoms with E-state index in [1.807, 2.05) is 63.2 Å². The number of cyclic esters (lactones) is 1. The fourth-order valence-corrected chi connectivity index (χ4v) is 2.67. The van der Waals surface area contributed by atoms with Gasteiger partial charge in [-0.1, -0.05) is 30.7 Å². The summed E-state index contributed by atoms with van der Waals surface area (Å²) in [7, 11) is 0. The number of rotatable bonds is 7. The number of benzene rings is 2. The van der Waals surface area contributed by atoms with Crippen LogP contribution < -0.4 is 9.47 Å². The number of carbonyl (C=O) groups excluding carboxylic acids is 1. The highest BCUT2D eigenvalue weighted by molar-refractivity contribution is 6.12. The first-order valence-corrected chi connectivity index (χ1v) is 9.53. The lowest BCUT2D eigenvalue weighted by Crippen LogP contribution is -2.10. The molecule has 1 aliphatic rings. The normalized spacial score (nSPS) is 15.9. The molecule has 5 heteroatoms. The van der Waals surface area contributed by atoms with Crippen molar-refractivity contribution in [3.63, 3.8) is 0 Å². The van der Waals surface area contributed by atoms with E-state index in [2.05, 4.69) is 11.9 Å². The molecule has 1 atom stereocenters. The first-order chi connectivity index (χ1) is 13.5. The van der Waals surface area contributed by atoms with Crippen LogP contribution in [-0.2, 0) is 9.53 Å². The standard InChI is InChI=1S/C23H25NO4/c1-5-16(4)27-20-12-9-17(14-21(20)26-6-2)13-19-23(25)28-22(24-19)18-10-7-15(3)8-11-18/h7-14,16H,5-6H2,1-4H3/b19-13-. The Morgan fingerprint density at radius 2 is 1.86 bits per heavy atom. The molecule has 0 N–H and O–H groups in total. The Balaban J connectivity index is 1.88. The Morgan fingerprint density at radius 1 is 1.11 bits per heavy atom. The SMILES string of the molecule is CCOc1cc(/C=C2\N=C(c3ccc(C)cc3)OC2=O)ccc1OC(C)CC. The quantitative estimate of drug-likeness (QED) is 0.506. The molecule has 0 amide bonds. The van der Waals surface area contributed by atoms with E-state index in [0.717, 1.165) is 23.1 Å². The van der Waals surface area contributed by atoms with Crippen LogP contribution in [0.15, 0.2) is 53.2 Å². The molecule has 0 saturated heterocycles. The van der Waals surface area contributed by atoms with Crippen molar-refractivity contribution >= 4 is 17.9 Å². The lowest BCUT2D eigenvalue weighted by Gasteiger charge is -2.16. The lowest BCUT2D eigenvalue weighted by atomic mass is 10.1. The highest BCUT2D eigenvalue weighted by atomic mass is 16.6. The highest BCUT2D eigenvalue weighted by Gasteiger charge is 2.24. The first kappa shape index (κ1) is 19.7. The predicted octanol–water partition coefficient (Wildman–Crippen LogP) is 4.92. The lowest BCUT2D eigenvalue weighted by molar-refractivity contribution is -0.129. The van der Waals surface area contributed by atoms with Crippen LogP contribution in [0.25, 0.3) is 6.08 Å². The van der Waals surface area contributed by atoms with Crippen molar-refractivity contribution in [3.05, 3.63) is 64.9 Å². The zero-order valence-electron chi connectivity index (χ0n) is 16.7. The van der Waals surface area contributed by atoms with E-state index in [0.29, 0.717) is 24.0 Å². The van der Waals surface area contributed by atoms with Gasteiger partial charge in [0.1, 0.15) is 0 Å². The molecule has 0 bridgehead atoms. The Hall–Kier alpha value is -3.08. The molecule has 0 aliphatic carbocycles. The van der Waals surface area contributed by atoms with E-state index >= 15 is 0 Å². The van der Waals surface area contributed by atoms with Crippen LogP contribution in [0.4, 0.5) is 0 Å². The average Bonchev–Trinajstić information content (AvgIpc) is 3.05. The van der Waals surface area contributed by atoms with Crippen molar-refractivity contribution < 1.29 is 19.0 Å². The molecule has 3 rings (SSSR count). The fraction of sp³-hybridized carbons (Fsp3) is 0.304. The largest absolute Gasteiger partial charge is 0.490 e. The second-order valence-corrected chi connectivity index (χ2v) is 6.68. The molecular formula is C23H25NO4. The number of aryl methyl sites for hydroxylation is 1. The smallest absolute Gasteiger partial charge is 0.363 e. The molecule has 2 aromatic rings. The second kappa shape index (κ2) is 8.74. The van der Waals surface area contributed by atoms with Gasteiger partial charge in [0.05, 0.1) is 12.7 Å². The van der Waals surface area contributed by atoms with E-state index in [1.54, 1.807) is 6.08 Å². The Bertz CT molecular complexity index is 913. The summed E-state index contributed by atoms with van der Waals surface area (Å²) in [6.45, 7) is 8.53. The Morgan fingerprint density at radius 3 is 2.54 bits per heavy atom. The third kappa shape index (κ3) is 4.60. The van der Waals surface area contributed by atoms with E-state index in [1.165, 1.54) is 0 Å². The van der Waals surface area contributed by atoms with Gasteiger partial charge in [-0.15, -0.1) is 0 Å². The number of ether oxygens (including phenoxy) is 3. The van der Waals surface area contributed by atoms with Gasteiger partial charge in [0.15, 0.2) is 17.2 Å². The molecule has 0 saturated carbocycles. The van der Waals surface area contributed by atoms with Crippen LogP contribution in [0.5, 0.6) is 11.5 Å². The Kier molecular flexibility index (Phi) is 6.14. The first-order valence-electron chi connectivity index (χ1n) is 9.53. The maximum absolute atomic E-state index is 12.2. The topological polar surface area (TPSA) is 57.1 Å². The Labute approximate surface area is 165 Å². The third-order valence-corrected chi connectivity index (χ3v) is 4.39. The van der Waals surface area contributed by atoms with Crippen molar-refractivity contribution in [3.8, 4) is 11.5 Å². The van der Waals surface area contributed by atoms with Crippen LogP contribution in [0, 0.1) is 6.92 Å². The van der Waals surface area contributed by atoms with Crippen LogP contribution in [0.1, 0.15) is 43.9 Å². The van der Waals surface area contributed by atoms with Gasteiger partial charge in [0.2, 0.25) is 5.90 Å². The molecule has 1 unspecified atom stereocenters. The number of aliphatic imine (C=N–C) groups is 1. The van der Waals surface area contributed by atoms with Crippen molar-refractivity contribution in [2.75, 3.05) is 6.61 Å². The summed E-state index contributed by atoms with van der Waals surface area (Å²) in [6.07, 6.45) is 2.69. The number of esters is 1. The van der Waals surface area contributed by atoms with E-state index < -0.39 is 5.97 Å². The minimum atomic E-state index is -0.464. The molecule has 0 spiro atoms. The maximum Gasteiger partial charge on any atom is 0.363 e. The van der Waals surface area contributed by atoms with Gasteiger partial charge >= 0.3 is 5.97 Å². The van der Waals surface area contributed by atoms with E-state index in [4.69, 9.17) is 14.2 Å². The molecule has 0 aromatic heterocycles. The van der Waals surface area contributed by atoms with Gasteiger partial charge in [-0.25, -0.2) is 9.79 Å². The van der Waals surface area contributed by atoms with Gasteiger partial charge in [0, 0.05) is 5.56 Å². The van der Waals surface area contributed by atoms with Gasteiger partial charge in [0.25, 0.3) is 0 Å². The zero-order chi connectivity index (χ0) is 20.1. The molecular weight excluding hydrogens is 354 g/mol. The predicted molar refractivity (Wildman–Crippen MR) is 110 cm³/mol. The minimum absolute atomic E-state index is 0.0925. The van der Waals surface area contributed by atoms with Crippen molar-refractivity contribution in [1.29, 1.82) is 0 Å². The average molecular weight is 379 g/mol. The van der Waals surface area contributed by atoms with Crippen molar-refractivity contribution in [2.45, 2.75) is 40.2 Å². The monoisotopic (exact) mass is 379 g/mol. The van der Waals surface area contributed by atoms with E-state index in [-0.39, 0.29) is 11.8 Å². The van der Waals surface area contributed by atoms with Gasteiger partial charge < -0.3 is 14.2 Å². The number of carbonyl (C=O) groups is 1. The molecule has 1 heterocycles. The molecule has 5 nitrogen and oxygen atoms in total. The molecule has 0 radical (unpaired) electrons. The van der Waals surface area contributed by atoms with E-state index in [9.17, 15) is 4.79 Å². The van der Waals surface area contributed by atoms with Crippen LogP contribution in [0.2, 0.25) is 0 Å². The summed E-state index contributed by atoms with van der Waals surface area (Å²) < 4.78 is 17.0. The maximum atomic E-state index is 12.2. The molecule has 146 valence electrons. The van der Waals surface area contributed by atoms with Gasteiger partial charge in [-0.05, 0) is 63.1 Å². The van der Waals surface area contributed by atoms with Crippen molar-refractivity contribution in [1.82, 2.24) is 0 Å². The van der Waals surface area contributed by atoms with Gasteiger partial charge in [-0.3, -0.25) is 0 Å². The molecule has 0 fully saturated rings. The molecule has 28 heavy (non-hydrogen) atoms. The van der Waals surface area contributed by atoms with Gasteiger partial charge in [-0.2, -0.15) is 0 Å². The second-order valence-electron chi connectivity index (χ2n) is 6.68. The summed E-state index contributed by atoms with van der Waals surface area (Å²) in [6, 6.07) is 13.3. The van der Waals surface area contributed by atoms with Crippen LogP contribution >= 0.6 is 0 Å². The molecule has 2 aromatic carbocycles. The number of nitrogens with zero attached hydrogens (tertiary/aromatic N) is 1.